The van der Waals surface area contributed by atoms with Gasteiger partial charge in [0.1, 0.15) is 11.6 Å². The van der Waals surface area contributed by atoms with Crippen LogP contribution in [0.15, 0.2) is 46.7 Å². The zero-order chi connectivity index (χ0) is 18.7. The van der Waals surface area contributed by atoms with Gasteiger partial charge < -0.3 is 13.6 Å². The normalized spacial score (nSPS) is 11.0. The third kappa shape index (κ3) is 3.67. The van der Waals surface area contributed by atoms with Crippen molar-refractivity contribution in [2.24, 2.45) is 0 Å². The number of furan rings is 1. The average Bonchev–Trinajstić information content (AvgIpc) is 3.32. The topological polar surface area (TPSA) is 65.8 Å². The van der Waals surface area contributed by atoms with Gasteiger partial charge in [0.2, 0.25) is 0 Å². The molecule has 0 saturated carbocycles. The number of nitrogens with zero attached hydrogens (tertiary/aromatic N) is 4. The number of aromatic nitrogens is 4. The Hall–Kier alpha value is -2.54. The second kappa shape index (κ2) is 7.78. The van der Waals surface area contributed by atoms with Crippen LogP contribution in [0.3, 0.4) is 0 Å². The van der Waals surface area contributed by atoms with E-state index in [1.165, 1.54) is 11.8 Å². The van der Waals surface area contributed by atoms with E-state index in [1.54, 1.807) is 12.3 Å². The molecular weight excluding hydrogens is 348 g/mol. The molecule has 0 aliphatic heterocycles. The summed E-state index contributed by atoms with van der Waals surface area (Å²) in [5, 5.41) is 8.97. The molecule has 3 heterocycles. The standard InChI is InChI=1S/C19H22N4O2S/c1-5-8-22-15(4)20-21-19(22)26-12-18(24)17-10-13(2)23(14(17)3)11-16-7-6-9-25-16/h5-7,9-10H,1,8,11-12H2,2-4H3. The van der Waals surface area contributed by atoms with Gasteiger partial charge in [-0.15, -0.1) is 16.8 Å². The summed E-state index contributed by atoms with van der Waals surface area (Å²) in [7, 11) is 0. The van der Waals surface area contributed by atoms with Crippen LogP contribution in [0, 0.1) is 20.8 Å². The summed E-state index contributed by atoms with van der Waals surface area (Å²) in [6.45, 7) is 10.9. The van der Waals surface area contributed by atoms with Gasteiger partial charge in [-0.25, -0.2) is 0 Å². The number of hydrogen-bond acceptors (Lipinski definition) is 5. The molecule has 0 amide bonds. The number of carbonyl (C=O) groups excluding carboxylic acids is 1. The Kier molecular flexibility index (Phi) is 5.46. The lowest BCUT2D eigenvalue weighted by atomic mass is 10.2. The first-order chi connectivity index (χ1) is 12.5. The Morgan fingerprint density at radius 1 is 1.31 bits per heavy atom. The highest BCUT2D eigenvalue weighted by molar-refractivity contribution is 7.99. The molecule has 0 spiro atoms. The Balaban J connectivity index is 1.73. The van der Waals surface area contributed by atoms with Crippen molar-refractivity contribution in [3.63, 3.8) is 0 Å². The number of allylic oxidation sites excluding steroid dienone is 1. The molecule has 0 atom stereocenters. The fourth-order valence-electron chi connectivity index (χ4n) is 2.90. The fraction of sp³-hybridized carbons (Fsp3) is 0.316. The summed E-state index contributed by atoms with van der Waals surface area (Å²) >= 11 is 1.40. The maximum absolute atomic E-state index is 12.7. The van der Waals surface area contributed by atoms with Gasteiger partial charge in [-0.1, -0.05) is 17.8 Å². The molecule has 3 rings (SSSR count). The molecule has 3 aromatic rings. The van der Waals surface area contributed by atoms with Gasteiger partial charge in [-0.05, 0) is 39.0 Å². The van der Waals surface area contributed by atoms with Gasteiger partial charge in [-0.2, -0.15) is 0 Å². The van der Waals surface area contributed by atoms with Crippen LogP contribution in [0.25, 0.3) is 0 Å². The summed E-state index contributed by atoms with van der Waals surface area (Å²) in [5.41, 5.74) is 2.74. The minimum absolute atomic E-state index is 0.0830. The monoisotopic (exact) mass is 370 g/mol. The number of Topliss-reactive ketones (excluding diaryl/α,β-unsaturated/α-hetero) is 1. The molecule has 136 valence electrons. The molecule has 0 radical (unpaired) electrons. The Morgan fingerprint density at radius 3 is 2.81 bits per heavy atom. The van der Waals surface area contributed by atoms with E-state index in [9.17, 15) is 4.79 Å². The van der Waals surface area contributed by atoms with E-state index >= 15 is 0 Å². The largest absolute Gasteiger partial charge is 0.467 e. The molecule has 6 nitrogen and oxygen atoms in total. The van der Waals surface area contributed by atoms with Crippen molar-refractivity contribution in [2.45, 2.75) is 39.0 Å². The van der Waals surface area contributed by atoms with Crippen molar-refractivity contribution in [3.05, 3.63) is 65.7 Å². The number of thioether (sulfide) groups is 1. The molecule has 0 aliphatic carbocycles. The van der Waals surface area contributed by atoms with Crippen LogP contribution in [0.5, 0.6) is 0 Å². The lowest BCUT2D eigenvalue weighted by Crippen LogP contribution is -2.08. The maximum atomic E-state index is 12.7. The molecule has 26 heavy (non-hydrogen) atoms. The Morgan fingerprint density at radius 2 is 2.12 bits per heavy atom. The second-order valence-corrected chi connectivity index (χ2v) is 7.03. The molecule has 0 aromatic carbocycles. The number of aryl methyl sites for hydroxylation is 2. The van der Waals surface area contributed by atoms with Gasteiger partial charge in [-0.3, -0.25) is 4.79 Å². The van der Waals surface area contributed by atoms with Crippen molar-refractivity contribution < 1.29 is 9.21 Å². The van der Waals surface area contributed by atoms with Crippen molar-refractivity contribution in [2.75, 3.05) is 5.75 Å². The summed E-state index contributed by atoms with van der Waals surface area (Å²) in [6.07, 6.45) is 3.46. The van der Waals surface area contributed by atoms with Crippen molar-refractivity contribution >= 4 is 17.5 Å². The van der Waals surface area contributed by atoms with E-state index in [0.717, 1.165) is 33.7 Å². The molecule has 3 aromatic heterocycles. The van der Waals surface area contributed by atoms with Gasteiger partial charge in [0.15, 0.2) is 10.9 Å². The Bertz CT molecular complexity index is 922. The minimum Gasteiger partial charge on any atom is -0.467 e. The predicted molar refractivity (Wildman–Crippen MR) is 102 cm³/mol. The van der Waals surface area contributed by atoms with Gasteiger partial charge >= 0.3 is 0 Å². The first-order valence-electron chi connectivity index (χ1n) is 8.37. The van der Waals surface area contributed by atoms with E-state index in [-0.39, 0.29) is 5.78 Å². The SMILES string of the molecule is C=CCn1c(C)nnc1SCC(=O)c1cc(C)n(Cc2ccco2)c1C. The molecule has 0 fully saturated rings. The molecule has 7 heteroatoms. The van der Waals surface area contributed by atoms with Crippen molar-refractivity contribution in [3.8, 4) is 0 Å². The third-order valence-corrected chi connectivity index (χ3v) is 5.28. The minimum atomic E-state index is 0.0830. The fourth-order valence-corrected chi connectivity index (χ4v) is 3.78. The van der Waals surface area contributed by atoms with Crippen LogP contribution in [-0.4, -0.2) is 30.9 Å². The lowest BCUT2D eigenvalue weighted by Gasteiger charge is -2.08. The summed E-state index contributed by atoms with van der Waals surface area (Å²) in [5.74, 6) is 2.09. The highest BCUT2D eigenvalue weighted by Crippen LogP contribution is 2.22. The van der Waals surface area contributed by atoms with Crippen LogP contribution >= 0.6 is 11.8 Å². The van der Waals surface area contributed by atoms with Crippen molar-refractivity contribution in [1.29, 1.82) is 0 Å². The summed E-state index contributed by atoms with van der Waals surface area (Å²) < 4.78 is 9.47. The van der Waals surface area contributed by atoms with E-state index < -0.39 is 0 Å². The van der Waals surface area contributed by atoms with Crippen LogP contribution in [0.1, 0.15) is 33.3 Å². The smallest absolute Gasteiger partial charge is 0.191 e. The quantitative estimate of drug-likeness (QED) is 0.343. The number of ketones is 1. The zero-order valence-corrected chi connectivity index (χ0v) is 16.0. The van der Waals surface area contributed by atoms with E-state index in [2.05, 4.69) is 21.3 Å². The van der Waals surface area contributed by atoms with Gasteiger partial charge in [0.05, 0.1) is 18.6 Å². The van der Waals surface area contributed by atoms with Crippen molar-refractivity contribution in [1.82, 2.24) is 19.3 Å². The Labute approximate surface area is 156 Å². The second-order valence-electron chi connectivity index (χ2n) is 6.09. The number of hydrogen-bond donors (Lipinski definition) is 0. The maximum Gasteiger partial charge on any atom is 0.191 e. The van der Waals surface area contributed by atoms with Gasteiger partial charge in [0, 0.05) is 23.5 Å². The molecular formula is C19H22N4O2S. The number of carbonyl (C=O) groups is 1. The molecule has 0 bridgehead atoms. The number of rotatable bonds is 8. The summed E-state index contributed by atoms with van der Waals surface area (Å²) in [4.78, 5) is 12.7. The molecule has 0 unspecified atom stereocenters. The van der Waals surface area contributed by atoms with Crippen LogP contribution in [0.4, 0.5) is 0 Å². The van der Waals surface area contributed by atoms with Gasteiger partial charge in [0.25, 0.3) is 0 Å². The average molecular weight is 370 g/mol. The first-order valence-corrected chi connectivity index (χ1v) is 9.35. The molecule has 0 N–H and O–H groups in total. The van der Waals surface area contributed by atoms with Crippen LogP contribution in [0.2, 0.25) is 0 Å². The zero-order valence-electron chi connectivity index (χ0n) is 15.2. The van der Waals surface area contributed by atoms with E-state index in [0.29, 0.717) is 18.8 Å². The summed E-state index contributed by atoms with van der Waals surface area (Å²) in [6, 6.07) is 5.75. The van der Waals surface area contributed by atoms with E-state index in [1.807, 2.05) is 43.5 Å². The molecule has 0 aliphatic rings. The third-order valence-electron chi connectivity index (χ3n) is 4.31. The van der Waals surface area contributed by atoms with Crippen LogP contribution < -0.4 is 0 Å². The van der Waals surface area contributed by atoms with Crippen LogP contribution in [-0.2, 0) is 13.1 Å². The highest BCUT2D eigenvalue weighted by Gasteiger charge is 2.18. The lowest BCUT2D eigenvalue weighted by molar-refractivity contribution is 0.102. The highest BCUT2D eigenvalue weighted by atomic mass is 32.2. The predicted octanol–water partition coefficient (Wildman–Crippen LogP) is 3.81. The first kappa shape index (κ1) is 18.3. The van der Waals surface area contributed by atoms with E-state index in [4.69, 9.17) is 4.42 Å². The molecule has 0 saturated heterocycles.